The lowest BCUT2D eigenvalue weighted by Crippen LogP contribution is -2.45. The van der Waals surface area contributed by atoms with Crippen LogP contribution in [0.2, 0.25) is 0 Å². The van der Waals surface area contributed by atoms with Crippen LogP contribution < -0.4 is 5.32 Å². The Morgan fingerprint density at radius 1 is 1.00 bits per heavy atom. The van der Waals surface area contributed by atoms with Crippen LogP contribution in [-0.4, -0.2) is 31.1 Å². The second-order valence-electron chi connectivity index (χ2n) is 6.57. The number of piperidine rings is 2. The maximum Gasteiger partial charge on any atom is 0.0351 e. The fourth-order valence-electron chi connectivity index (χ4n) is 4.43. The summed E-state index contributed by atoms with van der Waals surface area (Å²) in [5.74, 6) is 1.73. The SMILES string of the molecule is Cl.c1ccc2c(c1)[C@@H]1CC[C@@H]2N(CC2CCNCC2)C1. The van der Waals surface area contributed by atoms with Gasteiger partial charge in [-0.1, -0.05) is 24.3 Å². The van der Waals surface area contributed by atoms with Crippen LogP contribution in [0, 0.1) is 5.92 Å². The number of benzene rings is 1. The number of hydrogen-bond acceptors (Lipinski definition) is 2. The summed E-state index contributed by atoms with van der Waals surface area (Å²) in [5.41, 5.74) is 3.29. The summed E-state index contributed by atoms with van der Waals surface area (Å²) in [7, 11) is 0. The standard InChI is InChI=1S/C17H24N2.ClH/c1-2-4-16-15(3-1)14-5-6-17(16)19(12-14)11-13-7-9-18-10-8-13;/h1-4,13-14,17-18H,5-12H2;1H/t14-,17+;/m1./s1. The molecule has 3 aliphatic heterocycles. The zero-order valence-electron chi connectivity index (χ0n) is 12.1. The van der Waals surface area contributed by atoms with E-state index in [4.69, 9.17) is 0 Å². The minimum Gasteiger partial charge on any atom is -0.317 e. The Morgan fingerprint density at radius 3 is 2.55 bits per heavy atom. The van der Waals surface area contributed by atoms with E-state index in [1.807, 2.05) is 0 Å². The van der Waals surface area contributed by atoms with Gasteiger partial charge in [0.05, 0.1) is 0 Å². The Bertz CT molecular complexity index is 456. The molecule has 1 aliphatic carbocycles. The number of nitrogens with one attached hydrogen (secondary N) is 1. The molecule has 2 fully saturated rings. The molecule has 4 aliphatic rings. The Balaban J connectivity index is 0.00000121. The van der Waals surface area contributed by atoms with Crippen LogP contribution >= 0.6 is 12.4 Å². The predicted molar refractivity (Wildman–Crippen MR) is 85.6 cm³/mol. The molecule has 1 aromatic carbocycles. The van der Waals surface area contributed by atoms with Crippen molar-refractivity contribution >= 4 is 12.4 Å². The van der Waals surface area contributed by atoms with Gasteiger partial charge in [0, 0.05) is 19.1 Å². The molecule has 110 valence electrons. The molecular weight excluding hydrogens is 268 g/mol. The Hall–Kier alpha value is -0.570. The molecule has 0 unspecified atom stereocenters. The number of fused-ring (bicyclic) bond motifs is 2. The van der Waals surface area contributed by atoms with Gasteiger partial charge in [-0.05, 0) is 61.7 Å². The molecule has 2 saturated heterocycles. The summed E-state index contributed by atoms with van der Waals surface area (Å²) in [6.45, 7) is 5.09. The van der Waals surface area contributed by atoms with E-state index in [1.165, 1.54) is 51.9 Å². The predicted octanol–water partition coefficient (Wildman–Crippen LogP) is 3.34. The third-order valence-corrected chi connectivity index (χ3v) is 5.43. The highest BCUT2D eigenvalue weighted by atomic mass is 35.5. The maximum atomic E-state index is 3.48. The van der Waals surface area contributed by atoms with Crippen LogP contribution in [0.3, 0.4) is 0 Å². The van der Waals surface area contributed by atoms with Crippen molar-refractivity contribution in [3.05, 3.63) is 35.4 Å². The zero-order valence-corrected chi connectivity index (χ0v) is 12.9. The van der Waals surface area contributed by atoms with E-state index in [9.17, 15) is 0 Å². The van der Waals surface area contributed by atoms with Crippen molar-refractivity contribution in [3.8, 4) is 0 Å². The first-order valence-electron chi connectivity index (χ1n) is 7.95. The van der Waals surface area contributed by atoms with Crippen molar-refractivity contribution in [1.82, 2.24) is 10.2 Å². The number of halogens is 1. The molecule has 20 heavy (non-hydrogen) atoms. The van der Waals surface area contributed by atoms with Crippen LogP contribution in [0.5, 0.6) is 0 Å². The first kappa shape index (κ1) is 14.4. The van der Waals surface area contributed by atoms with Crippen molar-refractivity contribution in [2.75, 3.05) is 26.2 Å². The van der Waals surface area contributed by atoms with Gasteiger partial charge < -0.3 is 5.32 Å². The average molecular weight is 293 g/mol. The van der Waals surface area contributed by atoms with E-state index in [0.717, 1.165) is 17.9 Å². The summed E-state index contributed by atoms with van der Waals surface area (Å²) >= 11 is 0. The molecule has 0 amide bonds. The molecule has 1 N–H and O–H groups in total. The van der Waals surface area contributed by atoms with Crippen molar-refractivity contribution in [2.24, 2.45) is 5.92 Å². The minimum absolute atomic E-state index is 0. The van der Waals surface area contributed by atoms with Gasteiger partial charge in [-0.15, -0.1) is 12.4 Å². The molecule has 5 rings (SSSR count). The molecule has 1 aromatic rings. The number of hydrogen-bond donors (Lipinski definition) is 1. The Labute approximate surface area is 128 Å². The Morgan fingerprint density at radius 2 is 1.75 bits per heavy atom. The topological polar surface area (TPSA) is 15.3 Å². The minimum atomic E-state index is 0. The number of nitrogens with zero attached hydrogens (tertiary/aromatic N) is 1. The normalized spacial score (nSPS) is 29.8. The highest BCUT2D eigenvalue weighted by molar-refractivity contribution is 5.85. The van der Waals surface area contributed by atoms with E-state index < -0.39 is 0 Å². The van der Waals surface area contributed by atoms with Crippen LogP contribution in [0.4, 0.5) is 0 Å². The van der Waals surface area contributed by atoms with Crippen molar-refractivity contribution in [2.45, 2.75) is 37.6 Å². The second kappa shape index (κ2) is 6.05. The van der Waals surface area contributed by atoms with Gasteiger partial charge >= 0.3 is 0 Å². The van der Waals surface area contributed by atoms with Gasteiger partial charge in [0.15, 0.2) is 0 Å². The van der Waals surface area contributed by atoms with Crippen molar-refractivity contribution in [3.63, 3.8) is 0 Å². The first-order valence-corrected chi connectivity index (χ1v) is 7.95. The summed E-state index contributed by atoms with van der Waals surface area (Å²) in [4.78, 5) is 2.80. The Kier molecular flexibility index (Phi) is 4.34. The van der Waals surface area contributed by atoms with Gasteiger partial charge in [-0.3, -0.25) is 4.90 Å². The van der Waals surface area contributed by atoms with Gasteiger partial charge in [0.1, 0.15) is 0 Å². The summed E-state index contributed by atoms with van der Waals surface area (Å²) < 4.78 is 0. The smallest absolute Gasteiger partial charge is 0.0351 e. The molecule has 2 atom stereocenters. The lowest BCUT2D eigenvalue weighted by molar-refractivity contribution is 0.0863. The van der Waals surface area contributed by atoms with Gasteiger partial charge in [0.2, 0.25) is 0 Å². The molecule has 2 nitrogen and oxygen atoms in total. The molecule has 0 spiro atoms. The van der Waals surface area contributed by atoms with Crippen molar-refractivity contribution < 1.29 is 0 Å². The second-order valence-corrected chi connectivity index (χ2v) is 6.57. The largest absolute Gasteiger partial charge is 0.317 e. The fourth-order valence-corrected chi connectivity index (χ4v) is 4.43. The van der Waals surface area contributed by atoms with Crippen LogP contribution in [-0.2, 0) is 0 Å². The molecule has 0 saturated carbocycles. The monoisotopic (exact) mass is 292 g/mol. The molecule has 0 aromatic heterocycles. The molecule has 3 heteroatoms. The highest BCUT2D eigenvalue weighted by Gasteiger charge is 2.38. The maximum absolute atomic E-state index is 3.48. The summed E-state index contributed by atoms with van der Waals surface area (Å²) in [6, 6.07) is 9.91. The average Bonchev–Trinajstić information content (AvgIpc) is 2.49. The quantitative estimate of drug-likeness (QED) is 0.899. The van der Waals surface area contributed by atoms with Gasteiger partial charge in [0.25, 0.3) is 0 Å². The third kappa shape index (κ3) is 2.49. The van der Waals surface area contributed by atoms with E-state index >= 15 is 0 Å². The lowest BCUT2D eigenvalue weighted by atomic mass is 9.74. The van der Waals surface area contributed by atoms with Crippen molar-refractivity contribution in [1.29, 1.82) is 0 Å². The van der Waals surface area contributed by atoms with Gasteiger partial charge in [-0.25, -0.2) is 0 Å². The molecule has 2 bridgehead atoms. The first-order chi connectivity index (χ1) is 9.42. The lowest BCUT2D eigenvalue weighted by Gasteiger charge is -2.48. The molecular formula is C17H25ClN2. The van der Waals surface area contributed by atoms with Gasteiger partial charge in [-0.2, -0.15) is 0 Å². The molecule has 3 heterocycles. The van der Waals surface area contributed by atoms with Crippen LogP contribution in [0.15, 0.2) is 24.3 Å². The van der Waals surface area contributed by atoms with Crippen LogP contribution in [0.1, 0.15) is 48.8 Å². The van der Waals surface area contributed by atoms with E-state index in [2.05, 4.69) is 34.5 Å². The van der Waals surface area contributed by atoms with E-state index in [-0.39, 0.29) is 12.4 Å². The molecule has 0 radical (unpaired) electrons. The van der Waals surface area contributed by atoms with E-state index in [1.54, 1.807) is 11.1 Å². The highest BCUT2D eigenvalue weighted by Crippen LogP contribution is 2.46. The van der Waals surface area contributed by atoms with E-state index in [0.29, 0.717) is 0 Å². The fraction of sp³-hybridized carbons (Fsp3) is 0.647. The summed E-state index contributed by atoms with van der Waals surface area (Å²) in [6.07, 6.45) is 5.53. The van der Waals surface area contributed by atoms with Crippen LogP contribution in [0.25, 0.3) is 0 Å². The zero-order chi connectivity index (χ0) is 12.7. The summed E-state index contributed by atoms with van der Waals surface area (Å²) in [5, 5.41) is 3.48. The third-order valence-electron chi connectivity index (χ3n) is 5.43. The number of rotatable bonds is 2.